The van der Waals surface area contributed by atoms with Crippen LogP contribution in [0.5, 0.6) is 5.75 Å². The maximum Gasteiger partial charge on any atom is 0.331 e. The third-order valence-corrected chi connectivity index (χ3v) is 6.71. The molecule has 3 heterocycles. The molecule has 3 aromatic carbocycles. The van der Waals surface area contributed by atoms with Crippen molar-refractivity contribution in [3.63, 3.8) is 0 Å². The van der Waals surface area contributed by atoms with Crippen LogP contribution in [0.25, 0.3) is 27.8 Å². The predicted octanol–water partition coefficient (Wildman–Crippen LogP) is 4.97. The van der Waals surface area contributed by atoms with E-state index >= 15 is 0 Å². The second-order valence-corrected chi connectivity index (χ2v) is 8.96. The molecule has 0 bridgehead atoms. The summed E-state index contributed by atoms with van der Waals surface area (Å²) in [6.45, 7) is 0. The van der Waals surface area contributed by atoms with Crippen molar-refractivity contribution in [2.24, 2.45) is 14.1 Å². The lowest BCUT2D eigenvalue weighted by molar-refractivity contribution is 0.229. The second kappa shape index (κ2) is 7.71. The van der Waals surface area contributed by atoms with E-state index in [1.54, 1.807) is 31.3 Å². The van der Waals surface area contributed by atoms with Gasteiger partial charge in [0.25, 0.3) is 5.56 Å². The van der Waals surface area contributed by atoms with Gasteiger partial charge in [-0.1, -0.05) is 35.9 Å². The van der Waals surface area contributed by atoms with Crippen molar-refractivity contribution < 1.29 is 9.13 Å². The van der Waals surface area contributed by atoms with Crippen LogP contribution in [-0.2, 0) is 14.1 Å². The SMILES string of the molecule is Cn1c(=O)c2c(-c3ccc(F)cc3)n3c(c2n(C)c1=O)C(c1cccc(Cl)c1)Oc1ccccc1-3. The van der Waals surface area contributed by atoms with Gasteiger partial charge >= 0.3 is 5.69 Å². The van der Waals surface area contributed by atoms with Gasteiger partial charge in [-0.05, 0) is 59.7 Å². The standard InChI is InChI=1S/C27H19ClFN3O3/c1-30-23-21(26(33)31(2)27(30)34)22(15-10-12-18(29)13-11-15)32-19-8-3-4-9-20(19)35-25(24(23)32)16-6-5-7-17(28)14-16/h3-14,25H,1-2H3. The number of aromatic nitrogens is 3. The Morgan fingerprint density at radius 3 is 2.40 bits per heavy atom. The molecule has 0 saturated heterocycles. The van der Waals surface area contributed by atoms with E-state index in [2.05, 4.69) is 0 Å². The molecule has 0 radical (unpaired) electrons. The number of aryl methyl sites for hydroxylation is 1. The summed E-state index contributed by atoms with van der Waals surface area (Å²) in [6.07, 6.45) is -0.655. The molecule has 6 nitrogen and oxygen atoms in total. The van der Waals surface area contributed by atoms with E-state index in [1.165, 1.54) is 23.7 Å². The van der Waals surface area contributed by atoms with Gasteiger partial charge < -0.3 is 9.30 Å². The highest BCUT2D eigenvalue weighted by atomic mass is 35.5. The average Bonchev–Trinajstić information content (AvgIpc) is 3.23. The molecule has 174 valence electrons. The summed E-state index contributed by atoms with van der Waals surface area (Å²) >= 11 is 6.32. The van der Waals surface area contributed by atoms with Gasteiger partial charge in [-0.15, -0.1) is 0 Å². The van der Waals surface area contributed by atoms with Crippen LogP contribution in [0, 0.1) is 5.82 Å². The Hall–Kier alpha value is -4.10. The maximum absolute atomic E-state index is 13.9. The summed E-state index contributed by atoms with van der Waals surface area (Å²) < 4.78 is 24.8. The largest absolute Gasteiger partial charge is 0.477 e. The van der Waals surface area contributed by atoms with E-state index in [0.29, 0.717) is 44.3 Å². The van der Waals surface area contributed by atoms with Crippen molar-refractivity contribution in [3.05, 3.63) is 116 Å². The molecular formula is C27H19ClFN3O3. The zero-order valence-corrected chi connectivity index (χ0v) is 19.6. The van der Waals surface area contributed by atoms with Crippen LogP contribution in [0.3, 0.4) is 0 Å². The van der Waals surface area contributed by atoms with E-state index in [-0.39, 0.29) is 5.82 Å². The van der Waals surface area contributed by atoms with Crippen molar-refractivity contribution >= 4 is 22.5 Å². The normalized spacial score (nSPS) is 14.5. The third kappa shape index (κ3) is 3.08. The lowest BCUT2D eigenvalue weighted by Crippen LogP contribution is -2.37. The van der Waals surface area contributed by atoms with Crippen LogP contribution < -0.4 is 16.0 Å². The fourth-order valence-electron chi connectivity index (χ4n) is 4.89. The van der Waals surface area contributed by atoms with Gasteiger partial charge in [-0.2, -0.15) is 0 Å². The van der Waals surface area contributed by atoms with E-state index in [1.807, 2.05) is 41.0 Å². The van der Waals surface area contributed by atoms with E-state index in [4.69, 9.17) is 16.3 Å². The Bertz CT molecular complexity index is 1770. The predicted molar refractivity (Wildman–Crippen MR) is 133 cm³/mol. The van der Waals surface area contributed by atoms with Crippen molar-refractivity contribution in [1.82, 2.24) is 13.7 Å². The van der Waals surface area contributed by atoms with Gasteiger partial charge in [0, 0.05) is 19.1 Å². The number of benzene rings is 3. The van der Waals surface area contributed by atoms with Gasteiger partial charge in [0.05, 0.1) is 28.0 Å². The molecule has 2 aromatic heterocycles. The smallest absolute Gasteiger partial charge is 0.331 e. The van der Waals surface area contributed by atoms with Crippen LogP contribution in [-0.4, -0.2) is 13.7 Å². The van der Waals surface area contributed by atoms with Crippen LogP contribution >= 0.6 is 11.6 Å². The van der Waals surface area contributed by atoms with Crippen molar-refractivity contribution in [2.75, 3.05) is 0 Å². The highest BCUT2D eigenvalue weighted by Crippen LogP contribution is 2.46. The Morgan fingerprint density at radius 2 is 1.66 bits per heavy atom. The molecule has 1 aliphatic rings. The fourth-order valence-corrected chi connectivity index (χ4v) is 5.09. The highest BCUT2D eigenvalue weighted by Gasteiger charge is 2.36. The van der Waals surface area contributed by atoms with Crippen molar-refractivity contribution in [3.8, 4) is 22.7 Å². The summed E-state index contributed by atoms with van der Waals surface area (Å²) in [5, 5.41) is 0.888. The first-order valence-corrected chi connectivity index (χ1v) is 11.4. The molecule has 1 unspecified atom stereocenters. The second-order valence-electron chi connectivity index (χ2n) is 8.53. The number of nitrogens with zero attached hydrogens (tertiary/aromatic N) is 3. The minimum Gasteiger partial charge on any atom is -0.477 e. The summed E-state index contributed by atoms with van der Waals surface area (Å²) in [7, 11) is 3.09. The van der Waals surface area contributed by atoms with Crippen LogP contribution in [0.1, 0.15) is 17.4 Å². The van der Waals surface area contributed by atoms with Gasteiger partial charge in [0.2, 0.25) is 0 Å². The number of hydrogen-bond donors (Lipinski definition) is 0. The lowest BCUT2D eigenvalue weighted by Gasteiger charge is -2.30. The number of para-hydroxylation sites is 2. The minimum absolute atomic E-state index is 0.350. The molecule has 0 aliphatic carbocycles. The maximum atomic E-state index is 13.9. The molecule has 35 heavy (non-hydrogen) atoms. The molecule has 8 heteroatoms. The van der Waals surface area contributed by atoms with Crippen molar-refractivity contribution in [1.29, 1.82) is 0 Å². The Morgan fingerprint density at radius 1 is 0.914 bits per heavy atom. The molecule has 1 atom stereocenters. The first-order chi connectivity index (χ1) is 16.9. The summed E-state index contributed by atoms with van der Waals surface area (Å²) in [5.41, 5.74) is 2.87. The first-order valence-electron chi connectivity index (χ1n) is 11.0. The lowest BCUT2D eigenvalue weighted by atomic mass is 10.0. The minimum atomic E-state index is -0.655. The number of ether oxygens (including phenoxy) is 1. The zero-order valence-electron chi connectivity index (χ0n) is 18.8. The zero-order chi connectivity index (χ0) is 24.4. The molecule has 5 aromatic rings. The van der Waals surface area contributed by atoms with Gasteiger partial charge in [-0.3, -0.25) is 13.9 Å². The number of halogens is 2. The number of rotatable bonds is 2. The highest BCUT2D eigenvalue weighted by molar-refractivity contribution is 6.30. The quantitative estimate of drug-likeness (QED) is 0.353. The van der Waals surface area contributed by atoms with E-state index < -0.39 is 17.4 Å². The molecular weight excluding hydrogens is 469 g/mol. The topological polar surface area (TPSA) is 58.2 Å². The average molecular weight is 488 g/mol. The molecule has 0 amide bonds. The molecule has 0 spiro atoms. The Labute approximate surface area is 204 Å². The third-order valence-electron chi connectivity index (χ3n) is 6.48. The Kier molecular flexibility index (Phi) is 4.72. The summed E-state index contributed by atoms with van der Waals surface area (Å²) in [5.74, 6) is 0.222. The Balaban J connectivity index is 1.86. The van der Waals surface area contributed by atoms with Crippen LogP contribution in [0.15, 0.2) is 82.4 Å². The molecule has 1 aliphatic heterocycles. The van der Waals surface area contributed by atoms with Crippen molar-refractivity contribution in [2.45, 2.75) is 6.10 Å². The van der Waals surface area contributed by atoms with Gasteiger partial charge in [0.1, 0.15) is 11.6 Å². The molecule has 0 N–H and O–H groups in total. The van der Waals surface area contributed by atoms with Gasteiger partial charge in [-0.25, -0.2) is 9.18 Å². The van der Waals surface area contributed by atoms with E-state index in [9.17, 15) is 14.0 Å². The number of hydrogen-bond acceptors (Lipinski definition) is 3. The summed E-state index contributed by atoms with van der Waals surface area (Å²) in [6, 6.07) is 20.8. The van der Waals surface area contributed by atoms with E-state index in [0.717, 1.165) is 10.1 Å². The fraction of sp³-hybridized carbons (Fsp3) is 0.111. The summed E-state index contributed by atoms with van der Waals surface area (Å²) in [4.78, 5) is 26.6. The first kappa shape index (κ1) is 21.4. The van der Waals surface area contributed by atoms with Crippen LogP contribution in [0.4, 0.5) is 4.39 Å². The monoisotopic (exact) mass is 487 g/mol. The molecule has 6 rings (SSSR count). The van der Waals surface area contributed by atoms with Crippen LogP contribution in [0.2, 0.25) is 5.02 Å². The number of fused-ring (bicyclic) bond motifs is 5. The molecule has 0 saturated carbocycles. The van der Waals surface area contributed by atoms with Gasteiger partial charge in [0.15, 0.2) is 6.10 Å². The molecule has 0 fully saturated rings.